The van der Waals surface area contributed by atoms with Crippen molar-refractivity contribution in [3.05, 3.63) is 18.1 Å². The van der Waals surface area contributed by atoms with Crippen LogP contribution >= 0.6 is 0 Å². The smallest absolute Gasteiger partial charge is 0.255 e. The molecule has 6 nitrogen and oxygen atoms in total. The summed E-state index contributed by atoms with van der Waals surface area (Å²) in [5.74, 6) is 1.15. The first-order chi connectivity index (χ1) is 7.16. The Bertz CT molecular complexity index is 464. The molecule has 2 aromatic heterocycles. The zero-order chi connectivity index (χ0) is 10.8. The third-order valence-corrected chi connectivity index (χ3v) is 1.84. The van der Waals surface area contributed by atoms with Crippen LogP contribution in [-0.2, 0) is 0 Å². The number of hydrogen-bond donors (Lipinski definition) is 1. The first-order valence-electron chi connectivity index (χ1n) is 4.72. The standard InChI is InChI=1S/C9H13N5O/c1-6(10)4-15-8-3-7(2)13-9-11-5-12-14(8)9/h3,5-6H,4,10H2,1-2H3. The van der Waals surface area contributed by atoms with Crippen molar-refractivity contribution in [2.24, 2.45) is 5.73 Å². The Kier molecular flexibility index (Phi) is 2.51. The van der Waals surface area contributed by atoms with Gasteiger partial charge in [0.25, 0.3) is 5.78 Å². The molecule has 0 bridgehead atoms. The molecule has 0 radical (unpaired) electrons. The maximum Gasteiger partial charge on any atom is 0.255 e. The quantitative estimate of drug-likeness (QED) is 0.775. The lowest BCUT2D eigenvalue weighted by Crippen LogP contribution is -2.24. The van der Waals surface area contributed by atoms with Crippen LogP contribution in [0.5, 0.6) is 5.88 Å². The van der Waals surface area contributed by atoms with E-state index in [1.807, 2.05) is 19.9 Å². The maximum absolute atomic E-state index is 5.61. The Labute approximate surface area is 87.1 Å². The number of nitrogens with two attached hydrogens (primary N) is 1. The molecule has 2 heterocycles. The van der Waals surface area contributed by atoms with E-state index in [-0.39, 0.29) is 6.04 Å². The summed E-state index contributed by atoms with van der Waals surface area (Å²) in [6.45, 7) is 4.21. The van der Waals surface area contributed by atoms with E-state index in [4.69, 9.17) is 10.5 Å². The second-order valence-electron chi connectivity index (χ2n) is 3.50. The van der Waals surface area contributed by atoms with E-state index in [1.54, 1.807) is 4.52 Å². The molecular formula is C9H13N5O. The summed E-state index contributed by atoms with van der Waals surface area (Å²) in [5.41, 5.74) is 6.45. The predicted molar refractivity (Wildman–Crippen MR) is 54.7 cm³/mol. The van der Waals surface area contributed by atoms with Crippen LogP contribution in [0.2, 0.25) is 0 Å². The summed E-state index contributed by atoms with van der Waals surface area (Å²) >= 11 is 0. The van der Waals surface area contributed by atoms with Gasteiger partial charge in [-0.05, 0) is 13.8 Å². The topological polar surface area (TPSA) is 78.3 Å². The van der Waals surface area contributed by atoms with Crippen molar-refractivity contribution in [2.75, 3.05) is 6.61 Å². The number of rotatable bonds is 3. The third-order valence-electron chi connectivity index (χ3n) is 1.84. The Balaban J connectivity index is 2.35. The first kappa shape index (κ1) is 9.85. The lowest BCUT2D eigenvalue weighted by molar-refractivity contribution is 0.277. The minimum absolute atomic E-state index is 0.0166. The molecule has 80 valence electrons. The lowest BCUT2D eigenvalue weighted by atomic mass is 10.4. The van der Waals surface area contributed by atoms with Gasteiger partial charge in [-0.1, -0.05) is 0 Å². The van der Waals surface area contributed by atoms with E-state index in [2.05, 4.69) is 15.1 Å². The van der Waals surface area contributed by atoms with Crippen LogP contribution in [0.3, 0.4) is 0 Å². The molecule has 0 aliphatic carbocycles. The fourth-order valence-corrected chi connectivity index (χ4v) is 1.22. The maximum atomic E-state index is 5.61. The molecule has 1 unspecified atom stereocenters. The fraction of sp³-hybridized carbons (Fsp3) is 0.444. The van der Waals surface area contributed by atoms with Crippen molar-refractivity contribution < 1.29 is 4.74 Å². The van der Waals surface area contributed by atoms with Crippen molar-refractivity contribution in [3.8, 4) is 5.88 Å². The van der Waals surface area contributed by atoms with Crippen LogP contribution < -0.4 is 10.5 Å². The molecule has 2 rings (SSSR count). The fourth-order valence-electron chi connectivity index (χ4n) is 1.22. The van der Waals surface area contributed by atoms with Crippen LogP contribution in [0.15, 0.2) is 12.4 Å². The molecule has 0 aliphatic heterocycles. The van der Waals surface area contributed by atoms with E-state index < -0.39 is 0 Å². The molecule has 0 aromatic carbocycles. The molecule has 0 amide bonds. The van der Waals surface area contributed by atoms with Crippen LogP contribution in [0.25, 0.3) is 5.78 Å². The SMILES string of the molecule is Cc1cc(OCC(C)N)n2ncnc2n1. The van der Waals surface area contributed by atoms with Crippen molar-refractivity contribution >= 4 is 5.78 Å². The van der Waals surface area contributed by atoms with E-state index in [1.165, 1.54) is 6.33 Å². The molecule has 0 saturated carbocycles. The summed E-state index contributed by atoms with van der Waals surface area (Å²) in [6, 6.07) is 1.79. The van der Waals surface area contributed by atoms with Gasteiger partial charge in [0.15, 0.2) is 0 Å². The molecule has 1 atom stereocenters. The lowest BCUT2D eigenvalue weighted by Gasteiger charge is -2.09. The normalized spacial score (nSPS) is 13.0. The molecule has 2 N–H and O–H groups in total. The predicted octanol–water partition coefficient (Wildman–Crippen LogP) is 0.159. The van der Waals surface area contributed by atoms with Crippen LogP contribution in [-0.4, -0.2) is 32.2 Å². The molecule has 6 heteroatoms. The number of aryl methyl sites for hydroxylation is 1. The molecule has 0 aliphatic rings. The van der Waals surface area contributed by atoms with Gasteiger partial charge < -0.3 is 10.5 Å². The molecule has 0 spiro atoms. The highest BCUT2D eigenvalue weighted by Crippen LogP contribution is 2.12. The van der Waals surface area contributed by atoms with Gasteiger partial charge >= 0.3 is 0 Å². The van der Waals surface area contributed by atoms with Crippen molar-refractivity contribution in [1.29, 1.82) is 0 Å². The number of nitrogens with zero attached hydrogens (tertiary/aromatic N) is 4. The Morgan fingerprint density at radius 1 is 1.60 bits per heavy atom. The highest BCUT2D eigenvalue weighted by atomic mass is 16.5. The Morgan fingerprint density at radius 3 is 3.13 bits per heavy atom. The highest BCUT2D eigenvalue weighted by molar-refractivity contribution is 5.32. The summed E-state index contributed by atoms with van der Waals surface area (Å²) in [6.07, 6.45) is 1.44. The van der Waals surface area contributed by atoms with E-state index >= 15 is 0 Å². The zero-order valence-electron chi connectivity index (χ0n) is 8.71. The largest absolute Gasteiger partial charge is 0.476 e. The third kappa shape index (κ3) is 2.04. The second kappa shape index (κ2) is 3.82. The minimum atomic E-state index is -0.0166. The average Bonchev–Trinajstić information content (AvgIpc) is 2.61. The van der Waals surface area contributed by atoms with Gasteiger partial charge in [-0.15, -0.1) is 0 Å². The second-order valence-corrected chi connectivity index (χ2v) is 3.50. The van der Waals surface area contributed by atoms with Gasteiger partial charge in [-0.25, -0.2) is 4.98 Å². The van der Waals surface area contributed by atoms with Gasteiger partial charge in [0.2, 0.25) is 5.88 Å². The number of fused-ring (bicyclic) bond motifs is 1. The van der Waals surface area contributed by atoms with Gasteiger partial charge in [0, 0.05) is 17.8 Å². The number of ether oxygens (including phenoxy) is 1. The van der Waals surface area contributed by atoms with Gasteiger partial charge in [-0.2, -0.15) is 14.6 Å². The molecule has 15 heavy (non-hydrogen) atoms. The summed E-state index contributed by atoms with van der Waals surface area (Å²) < 4.78 is 7.07. The monoisotopic (exact) mass is 207 g/mol. The van der Waals surface area contributed by atoms with Crippen molar-refractivity contribution in [1.82, 2.24) is 19.6 Å². The minimum Gasteiger partial charge on any atom is -0.476 e. The highest BCUT2D eigenvalue weighted by Gasteiger charge is 2.06. The zero-order valence-corrected chi connectivity index (χ0v) is 8.71. The van der Waals surface area contributed by atoms with E-state index in [0.29, 0.717) is 18.3 Å². The van der Waals surface area contributed by atoms with Crippen molar-refractivity contribution in [2.45, 2.75) is 19.9 Å². The Hall–Kier alpha value is -1.69. The average molecular weight is 207 g/mol. The summed E-state index contributed by atoms with van der Waals surface area (Å²) in [7, 11) is 0. The van der Waals surface area contributed by atoms with Crippen LogP contribution in [0, 0.1) is 6.92 Å². The molecular weight excluding hydrogens is 194 g/mol. The van der Waals surface area contributed by atoms with Gasteiger partial charge in [-0.3, -0.25) is 0 Å². The first-order valence-corrected chi connectivity index (χ1v) is 4.72. The van der Waals surface area contributed by atoms with Crippen molar-refractivity contribution in [3.63, 3.8) is 0 Å². The van der Waals surface area contributed by atoms with Gasteiger partial charge in [0.1, 0.15) is 12.9 Å². The van der Waals surface area contributed by atoms with Gasteiger partial charge in [0.05, 0.1) is 0 Å². The molecule has 2 aromatic rings. The summed E-state index contributed by atoms with van der Waals surface area (Å²) in [4.78, 5) is 8.20. The summed E-state index contributed by atoms with van der Waals surface area (Å²) in [5, 5.41) is 4.01. The molecule has 0 saturated heterocycles. The van der Waals surface area contributed by atoms with E-state index in [9.17, 15) is 0 Å². The van der Waals surface area contributed by atoms with Crippen LogP contribution in [0.4, 0.5) is 0 Å². The van der Waals surface area contributed by atoms with Crippen LogP contribution in [0.1, 0.15) is 12.6 Å². The Morgan fingerprint density at radius 2 is 2.40 bits per heavy atom. The van der Waals surface area contributed by atoms with E-state index in [0.717, 1.165) is 5.69 Å². The molecule has 0 fully saturated rings. The number of hydrogen-bond acceptors (Lipinski definition) is 5. The number of aromatic nitrogens is 4.